The van der Waals surface area contributed by atoms with Crippen molar-refractivity contribution in [3.8, 4) is 0 Å². The van der Waals surface area contributed by atoms with Crippen LogP contribution >= 0.6 is 0 Å². The van der Waals surface area contributed by atoms with Crippen LogP contribution in [0.4, 0.5) is 13.2 Å². The fraction of sp³-hybridized carbons (Fsp3) is 0.200. The average Bonchev–Trinajstić information content (AvgIpc) is 2.52. The van der Waals surface area contributed by atoms with Crippen LogP contribution in [0.15, 0.2) is 47.3 Å². The molecule has 5 nitrogen and oxygen atoms in total. The second kappa shape index (κ2) is 6.66. The molecule has 2 rings (SSSR count). The van der Waals surface area contributed by atoms with Crippen LogP contribution in [0.3, 0.4) is 0 Å². The number of aromatic nitrogens is 1. The van der Waals surface area contributed by atoms with Crippen LogP contribution in [0.1, 0.15) is 27.7 Å². The van der Waals surface area contributed by atoms with Crippen LogP contribution in [0.2, 0.25) is 0 Å². The van der Waals surface area contributed by atoms with Gasteiger partial charge >= 0.3 is 6.18 Å². The van der Waals surface area contributed by atoms with Gasteiger partial charge in [0.15, 0.2) is 0 Å². The van der Waals surface area contributed by atoms with E-state index >= 15 is 0 Å². The zero-order chi connectivity index (χ0) is 17.0. The Morgan fingerprint density at radius 1 is 1.17 bits per heavy atom. The molecule has 2 aromatic rings. The standard InChI is InChI=1S/C15H13F3N2O3/c16-15(17,18)12-7-6-10(14(23)20-12)13(22)19-11(8-21)9-4-2-1-3-5-9/h1-7,11,21H,8H2,(H,19,22)(H,20,23)/t11-/m1/s1. The van der Waals surface area contributed by atoms with Crippen molar-refractivity contribution in [2.45, 2.75) is 12.2 Å². The summed E-state index contributed by atoms with van der Waals surface area (Å²) in [6, 6.07) is 9.13. The fourth-order valence-corrected chi connectivity index (χ4v) is 1.97. The number of hydrogen-bond acceptors (Lipinski definition) is 3. The van der Waals surface area contributed by atoms with Gasteiger partial charge in [-0.05, 0) is 17.7 Å². The molecule has 0 aliphatic carbocycles. The molecule has 0 unspecified atom stereocenters. The molecule has 3 N–H and O–H groups in total. The van der Waals surface area contributed by atoms with Gasteiger partial charge in [-0.3, -0.25) is 9.59 Å². The predicted octanol–water partition coefficient (Wildman–Crippen LogP) is 1.86. The second-order valence-electron chi connectivity index (χ2n) is 4.73. The van der Waals surface area contributed by atoms with Gasteiger partial charge in [-0.1, -0.05) is 30.3 Å². The molecule has 8 heteroatoms. The summed E-state index contributed by atoms with van der Waals surface area (Å²) in [6.45, 7) is -0.422. The molecule has 1 heterocycles. The van der Waals surface area contributed by atoms with Gasteiger partial charge in [0.1, 0.15) is 11.3 Å². The van der Waals surface area contributed by atoms with Crippen LogP contribution in [0, 0.1) is 0 Å². The molecule has 122 valence electrons. The number of pyridine rings is 1. The first-order valence-corrected chi connectivity index (χ1v) is 6.60. The first-order chi connectivity index (χ1) is 10.8. The number of aliphatic hydroxyl groups is 1. The number of amides is 1. The van der Waals surface area contributed by atoms with Gasteiger partial charge in [-0.25, -0.2) is 0 Å². The highest BCUT2D eigenvalue weighted by molar-refractivity contribution is 5.94. The number of H-pyrrole nitrogens is 1. The Bertz CT molecular complexity index is 742. The molecule has 0 saturated heterocycles. The van der Waals surface area contributed by atoms with E-state index in [1.807, 2.05) is 0 Å². The van der Waals surface area contributed by atoms with Crippen LogP contribution in [-0.2, 0) is 6.18 Å². The van der Waals surface area contributed by atoms with E-state index in [4.69, 9.17) is 0 Å². The molecule has 0 radical (unpaired) electrons. The third kappa shape index (κ3) is 3.98. The Hall–Kier alpha value is -2.61. The Morgan fingerprint density at radius 2 is 1.83 bits per heavy atom. The van der Waals surface area contributed by atoms with Gasteiger partial charge in [0.05, 0.1) is 12.6 Å². The topological polar surface area (TPSA) is 82.2 Å². The van der Waals surface area contributed by atoms with E-state index in [0.717, 1.165) is 6.07 Å². The van der Waals surface area contributed by atoms with Crippen LogP contribution in [0.25, 0.3) is 0 Å². The largest absolute Gasteiger partial charge is 0.431 e. The van der Waals surface area contributed by atoms with Gasteiger partial charge in [-0.2, -0.15) is 13.2 Å². The van der Waals surface area contributed by atoms with E-state index in [0.29, 0.717) is 11.6 Å². The van der Waals surface area contributed by atoms with Crippen LogP contribution < -0.4 is 10.9 Å². The van der Waals surface area contributed by atoms with Crippen molar-refractivity contribution in [1.82, 2.24) is 10.3 Å². The fourth-order valence-electron chi connectivity index (χ4n) is 1.97. The summed E-state index contributed by atoms with van der Waals surface area (Å²) in [4.78, 5) is 25.3. The highest BCUT2D eigenvalue weighted by Gasteiger charge is 2.32. The summed E-state index contributed by atoms with van der Waals surface area (Å²) in [6.07, 6.45) is -4.70. The van der Waals surface area contributed by atoms with Crippen molar-refractivity contribution in [2.75, 3.05) is 6.61 Å². The smallest absolute Gasteiger partial charge is 0.394 e. The van der Waals surface area contributed by atoms with E-state index in [1.54, 1.807) is 35.3 Å². The SMILES string of the molecule is O=C(N[C@H](CO)c1ccccc1)c1ccc(C(F)(F)F)[nH]c1=O. The molecule has 23 heavy (non-hydrogen) atoms. The molecule has 0 aliphatic rings. The maximum Gasteiger partial charge on any atom is 0.431 e. The monoisotopic (exact) mass is 326 g/mol. The van der Waals surface area contributed by atoms with Crippen LogP contribution in [-0.4, -0.2) is 22.6 Å². The van der Waals surface area contributed by atoms with Crippen molar-refractivity contribution < 1.29 is 23.1 Å². The first kappa shape index (κ1) is 16.8. The number of rotatable bonds is 4. The van der Waals surface area contributed by atoms with Gasteiger partial charge in [0, 0.05) is 0 Å². The normalized spacial score (nSPS) is 12.7. The van der Waals surface area contributed by atoms with E-state index in [9.17, 15) is 27.9 Å². The highest BCUT2D eigenvalue weighted by Crippen LogP contribution is 2.26. The van der Waals surface area contributed by atoms with Gasteiger partial charge < -0.3 is 15.4 Å². The first-order valence-electron chi connectivity index (χ1n) is 6.60. The summed E-state index contributed by atoms with van der Waals surface area (Å²) in [5.74, 6) is -0.872. The second-order valence-corrected chi connectivity index (χ2v) is 4.73. The maximum absolute atomic E-state index is 12.5. The summed E-state index contributed by atoms with van der Waals surface area (Å²) in [5, 5.41) is 11.8. The van der Waals surface area contributed by atoms with E-state index in [-0.39, 0.29) is 0 Å². The number of aromatic amines is 1. The number of carbonyl (C=O) groups is 1. The Kier molecular flexibility index (Phi) is 4.85. The lowest BCUT2D eigenvalue weighted by Gasteiger charge is -2.16. The minimum absolute atomic E-state index is 0.422. The molecule has 0 fully saturated rings. The zero-order valence-corrected chi connectivity index (χ0v) is 11.7. The van der Waals surface area contributed by atoms with Crippen molar-refractivity contribution in [1.29, 1.82) is 0 Å². The molecule has 1 aromatic heterocycles. The molecule has 1 aromatic carbocycles. The Labute approximate surface area is 128 Å². The van der Waals surface area contributed by atoms with E-state index in [2.05, 4.69) is 5.32 Å². The van der Waals surface area contributed by atoms with Crippen molar-refractivity contribution in [3.63, 3.8) is 0 Å². The van der Waals surface area contributed by atoms with E-state index in [1.165, 1.54) is 0 Å². The van der Waals surface area contributed by atoms with Crippen molar-refractivity contribution in [3.05, 3.63) is 69.6 Å². The number of nitrogens with one attached hydrogen (secondary N) is 2. The number of carbonyl (C=O) groups excluding carboxylic acids is 1. The number of halogens is 3. The lowest BCUT2D eigenvalue weighted by molar-refractivity contribution is -0.141. The van der Waals surface area contributed by atoms with Crippen molar-refractivity contribution in [2.24, 2.45) is 0 Å². The molecular formula is C15H13F3N2O3. The minimum atomic E-state index is -4.70. The third-order valence-electron chi connectivity index (χ3n) is 3.15. The Balaban J connectivity index is 2.22. The number of hydrogen-bond donors (Lipinski definition) is 3. The lowest BCUT2D eigenvalue weighted by Crippen LogP contribution is -2.35. The Morgan fingerprint density at radius 3 is 2.35 bits per heavy atom. The van der Waals surface area contributed by atoms with Crippen LogP contribution in [0.5, 0.6) is 0 Å². The number of alkyl halides is 3. The predicted molar refractivity (Wildman–Crippen MR) is 75.8 cm³/mol. The highest BCUT2D eigenvalue weighted by atomic mass is 19.4. The minimum Gasteiger partial charge on any atom is -0.394 e. The zero-order valence-electron chi connectivity index (χ0n) is 11.7. The molecule has 0 spiro atoms. The number of aliphatic hydroxyl groups excluding tert-OH is 1. The quantitative estimate of drug-likeness (QED) is 0.802. The van der Waals surface area contributed by atoms with Gasteiger partial charge in [0.2, 0.25) is 0 Å². The lowest BCUT2D eigenvalue weighted by atomic mass is 10.1. The molecule has 0 saturated carbocycles. The average molecular weight is 326 g/mol. The number of benzene rings is 1. The maximum atomic E-state index is 12.5. The van der Waals surface area contributed by atoms with Crippen molar-refractivity contribution >= 4 is 5.91 Å². The molecule has 0 bridgehead atoms. The molecule has 1 atom stereocenters. The summed E-state index contributed by atoms with van der Waals surface area (Å²) in [7, 11) is 0. The van der Waals surface area contributed by atoms with E-state index < -0.39 is 41.5 Å². The third-order valence-corrected chi connectivity index (χ3v) is 3.15. The molecule has 1 amide bonds. The van der Waals surface area contributed by atoms with Gasteiger partial charge in [-0.15, -0.1) is 0 Å². The molecule has 0 aliphatic heterocycles. The summed E-state index contributed by atoms with van der Waals surface area (Å²) >= 11 is 0. The summed E-state index contributed by atoms with van der Waals surface area (Å²) < 4.78 is 37.4. The summed E-state index contributed by atoms with van der Waals surface area (Å²) in [5.41, 5.74) is -2.25. The van der Waals surface area contributed by atoms with Gasteiger partial charge in [0.25, 0.3) is 11.5 Å². The molecular weight excluding hydrogens is 313 g/mol.